The number of fused-ring (bicyclic) bond motifs is 1. The number of nitrogens with zero attached hydrogens (tertiary/aromatic N) is 7. The van der Waals surface area contributed by atoms with E-state index in [4.69, 9.17) is 0 Å². The van der Waals surface area contributed by atoms with Crippen LogP contribution in [0.1, 0.15) is 34.4 Å². The Hall–Kier alpha value is -3.25. The summed E-state index contributed by atoms with van der Waals surface area (Å²) in [5.74, 6) is -0.393. The minimum absolute atomic E-state index is 0.00591. The predicted molar refractivity (Wildman–Crippen MR) is 125 cm³/mol. The number of alkyl halides is 3. The highest BCUT2D eigenvalue weighted by Gasteiger charge is 2.36. The van der Waals surface area contributed by atoms with Crippen LogP contribution in [-0.4, -0.2) is 66.3 Å². The van der Waals surface area contributed by atoms with Gasteiger partial charge < -0.3 is 4.90 Å². The van der Waals surface area contributed by atoms with Crippen molar-refractivity contribution in [1.29, 1.82) is 0 Å². The summed E-state index contributed by atoms with van der Waals surface area (Å²) in [6.45, 7) is 7.82. The Bertz CT molecular complexity index is 1350. The molecule has 4 aromatic heterocycles. The second-order valence-corrected chi connectivity index (χ2v) is 9.41. The predicted octanol–water partition coefficient (Wildman–Crippen LogP) is 3.96. The quantitative estimate of drug-likeness (QED) is 0.412. The van der Waals surface area contributed by atoms with Gasteiger partial charge in [0.1, 0.15) is 0 Å². The van der Waals surface area contributed by atoms with Crippen molar-refractivity contribution < 1.29 is 18.0 Å². The Morgan fingerprint density at radius 3 is 2.54 bits per heavy atom. The number of carbonyl (C=O) groups excluding carboxylic acids is 1. The van der Waals surface area contributed by atoms with E-state index < -0.39 is 17.8 Å². The number of aryl methyl sites for hydroxylation is 2. The molecule has 0 aliphatic carbocycles. The second kappa shape index (κ2) is 9.08. The molecule has 0 unspecified atom stereocenters. The third-order valence-corrected chi connectivity index (χ3v) is 7.03. The number of piperazine rings is 1. The fraction of sp³-hybridized carbons (Fsp3) is 0.391. The number of hydrogen-bond donors (Lipinski definition) is 0. The molecular formula is C23H24F3N7OS. The van der Waals surface area contributed by atoms with Gasteiger partial charge in [0.05, 0.1) is 16.3 Å². The minimum atomic E-state index is -4.64. The van der Waals surface area contributed by atoms with Crippen molar-refractivity contribution >= 4 is 22.9 Å². The lowest BCUT2D eigenvalue weighted by molar-refractivity contribution is -0.142. The maximum atomic E-state index is 13.8. The topological polar surface area (TPSA) is 71.6 Å². The van der Waals surface area contributed by atoms with Gasteiger partial charge in [-0.2, -0.15) is 23.4 Å². The summed E-state index contributed by atoms with van der Waals surface area (Å²) < 4.78 is 44.0. The van der Waals surface area contributed by atoms with E-state index in [2.05, 4.69) is 20.1 Å². The van der Waals surface area contributed by atoms with Crippen LogP contribution in [0.4, 0.5) is 13.2 Å². The van der Waals surface area contributed by atoms with Crippen LogP contribution in [-0.2, 0) is 19.3 Å². The van der Waals surface area contributed by atoms with E-state index in [0.717, 1.165) is 34.9 Å². The maximum Gasteiger partial charge on any atom is 0.433 e. The van der Waals surface area contributed by atoms with E-state index in [1.54, 1.807) is 22.4 Å². The molecule has 8 nitrogen and oxygen atoms in total. The van der Waals surface area contributed by atoms with Gasteiger partial charge in [-0.25, -0.2) is 9.50 Å². The summed E-state index contributed by atoms with van der Waals surface area (Å²) >= 11 is 1.30. The van der Waals surface area contributed by atoms with Crippen LogP contribution in [0.15, 0.2) is 35.8 Å². The molecule has 35 heavy (non-hydrogen) atoms. The molecule has 1 aliphatic rings. The van der Waals surface area contributed by atoms with Crippen LogP contribution in [0.5, 0.6) is 0 Å². The zero-order chi connectivity index (χ0) is 24.7. The molecule has 12 heteroatoms. The minimum Gasteiger partial charge on any atom is -0.335 e. The van der Waals surface area contributed by atoms with Crippen LogP contribution in [0.3, 0.4) is 0 Å². The Morgan fingerprint density at radius 2 is 1.91 bits per heavy atom. The molecule has 0 N–H and O–H groups in total. The van der Waals surface area contributed by atoms with Crippen molar-refractivity contribution in [2.24, 2.45) is 0 Å². The van der Waals surface area contributed by atoms with Gasteiger partial charge in [-0.05, 0) is 31.4 Å². The molecule has 1 fully saturated rings. The molecule has 1 saturated heterocycles. The van der Waals surface area contributed by atoms with Gasteiger partial charge in [0.2, 0.25) is 0 Å². The highest BCUT2D eigenvalue weighted by Crippen LogP contribution is 2.33. The Labute approximate surface area is 203 Å². The zero-order valence-corrected chi connectivity index (χ0v) is 20.1. The SMILES string of the molecule is CCn1cc(CN2CCN(C(=O)c3cc4nc(-c5cccs5)cc(C(F)(F)F)n4n3)CC2)c(C)n1. The summed E-state index contributed by atoms with van der Waals surface area (Å²) in [5.41, 5.74) is 1.34. The third-order valence-electron chi connectivity index (χ3n) is 6.14. The first-order valence-electron chi connectivity index (χ1n) is 11.3. The Morgan fingerprint density at radius 1 is 1.14 bits per heavy atom. The van der Waals surface area contributed by atoms with Gasteiger partial charge in [0.25, 0.3) is 5.91 Å². The van der Waals surface area contributed by atoms with Crippen molar-refractivity contribution in [2.75, 3.05) is 26.2 Å². The molecule has 0 saturated carbocycles. The molecule has 0 bridgehead atoms. The maximum absolute atomic E-state index is 13.8. The van der Waals surface area contributed by atoms with Crippen LogP contribution < -0.4 is 0 Å². The first-order chi connectivity index (χ1) is 16.7. The monoisotopic (exact) mass is 503 g/mol. The van der Waals surface area contributed by atoms with Crippen molar-refractivity contribution in [3.8, 4) is 10.6 Å². The standard InChI is InChI=1S/C23H24F3N7OS/c1-3-32-14-16(15(2)28-32)13-30-6-8-31(9-7-30)22(34)18-12-21-27-17(19-5-4-10-35-19)11-20(23(24,25)26)33(21)29-18/h4-5,10-12,14H,3,6-9,13H2,1-2H3. The second-order valence-electron chi connectivity index (χ2n) is 8.47. The number of aromatic nitrogens is 5. The summed E-state index contributed by atoms with van der Waals surface area (Å²) in [6, 6.07) is 5.77. The highest BCUT2D eigenvalue weighted by atomic mass is 32.1. The fourth-order valence-electron chi connectivity index (χ4n) is 4.22. The van der Waals surface area contributed by atoms with Gasteiger partial charge in [-0.1, -0.05) is 6.07 Å². The van der Waals surface area contributed by atoms with Gasteiger partial charge in [0.15, 0.2) is 17.0 Å². The largest absolute Gasteiger partial charge is 0.433 e. The van der Waals surface area contributed by atoms with Crippen molar-refractivity contribution in [3.05, 3.63) is 58.5 Å². The molecule has 0 atom stereocenters. The molecule has 0 radical (unpaired) electrons. The summed E-state index contributed by atoms with van der Waals surface area (Å²) in [6.07, 6.45) is -2.60. The third kappa shape index (κ3) is 4.67. The number of rotatable bonds is 5. The smallest absolute Gasteiger partial charge is 0.335 e. The lowest BCUT2D eigenvalue weighted by atomic mass is 10.2. The molecule has 184 valence electrons. The number of halogens is 3. The summed E-state index contributed by atoms with van der Waals surface area (Å²) in [5, 5.41) is 10.3. The van der Waals surface area contributed by atoms with E-state index in [1.165, 1.54) is 17.4 Å². The lowest BCUT2D eigenvalue weighted by Crippen LogP contribution is -2.48. The fourth-order valence-corrected chi connectivity index (χ4v) is 4.91. The van der Waals surface area contributed by atoms with Crippen molar-refractivity contribution in [1.82, 2.24) is 34.2 Å². The number of thiophene rings is 1. The van der Waals surface area contributed by atoms with Crippen LogP contribution in [0, 0.1) is 6.92 Å². The summed E-state index contributed by atoms with van der Waals surface area (Å²) in [4.78, 5) is 21.9. The van der Waals surface area contributed by atoms with E-state index in [1.807, 2.05) is 24.7 Å². The number of amides is 1. The average Bonchev–Trinajstić information content (AvgIpc) is 3.58. The molecule has 1 aliphatic heterocycles. The Balaban J connectivity index is 1.34. The first-order valence-corrected chi connectivity index (χ1v) is 12.2. The first kappa shape index (κ1) is 23.5. The number of hydrogen-bond acceptors (Lipinski definition) is 6. The van der Waals surface area contributed by atoms with Gasteiger partial charge >= 0.3 is 6.18 Å². The van der Waals surface area contributed by atoms with Crippen LogP contribution in [0.2, 0.25) is 0 Å². The number of carbonyl (C=O) groups is 1. The lowest BCUT2D eigenvalue weighted by Gasteiger charge is -2.34. The van der Waals surface area contributed by atoms with Crippen LogP contribution in [0.25, 0.3) is 16.2 Å². The highest BCUT2D eigenvalue weighted by molar-refractivity contribution is 7.13. The summed E-state index contributed by atoms with van der Waals surface area (Å²) in [7, 11) is 0. The molecule has 0 spiro atoms. The van der Waals surface area contributed by atoms with E-state index in [-0.39, 0.29) is 17.0 Å². The van der Waals surface area contributed by atoms with E-state index in [9.17, 15) is 18.0 Å². The molecule has 4 aromatic rings. The van der Waals surface area contributed by atoms with Crippen molar-refractivity contribution in [3.63, 3.8) is 0 Å². The van der Waals surface area contributed by atoms with E-state index >= 15 is 0 Å². The molecule has 0 aromatic carbocycles. The van der Waals surface area contributed by atoms with Crippen molar-refractivity contribution in [2.45, 2.75) is 33.1 Å². The zero-order valence-electron chi connectivity index (χ0n) is 19.3. The average molecular weight is 504 g/mol. The molecular weight excluding hydrogens is 479 g/mol. The van der Waals surface area contributed by atoms with Gasteiger partial charge in [0, 0.05) is 57.1 Å². The molecule has 1 amide bonds. The normalized spacial score (nSPS) is 15.3. The van der Waals surface area contributed by atoms with Crippen LogP contribution >= 0.6 is 11.3 Å². The Kier molecular flexibility index (Phi) is 6.09. The van der Waals surface area contributed by atoms with E-state index in [0.29, 0.717) is 31.1 Å². The van der Waals surface area contributed by atoms with Gasteiger partial charge in [-0.3, -0.25) is 14.4 Å². The van der Waals surface area contributed by atoms with Gasteiger partial charge in [-0.15, -0.1) is 11.3 Å². The molecule has 5 rings (SSSR count). The molecule has 5 heterocycles.